The average Bonchev–Trinajstić information content (AvgIpc) is 2.36. The molecule has 0 aromatic heterocycles. The van der Waals surface area contributed by atoms with E-state index in [1.165, 1.54) is 0 Å². The van der Waals surface area contributed by atoms with E-state index in [0.29, 0.717) is 25.9 Å². The minimum atomic E-state index is -0.0261. The fourth-order valence-corrected chi connectivity index (χ4v) is 4.54. The van der Waals surface area contributed by atoms with Gasteiger partial charge in [0.15, 0.2) is 0 Å². The Morgan fingerprint density at radius 3 is 2.80 bits per heavy atom. The van der Waals surface area contributed by atoms with E-state index in [1.54, 1.807) is 23.5 Å². The summed E-state index contributed by atoms with van der Waals surface area (Å²) in [6.07, 6.45) is 1.94. The van der Waals surface area contributed by atoms with Crippen LogP contribution in [0.5, 0.6) is 0 Å². The standard InChI is InChI=1S/C12H22N4OS3/c1-4-19-11(18)20-12(2,3)7-6-10(17)14-8-5-9-15-16-13/h4-9H2,1-3H3,(H,14,17). The number of thioether (sulfide) groups is 2. The van der Waals surface area contributed by atoms with Crippen LogP contribution >= 0.6 is 35.7 Å². The zero-order valence-corrected chi connectivity index (χ0v) is 14.7. The van der Waals surface area contributed by atoms with E-state index in [4.69, 9.17) is 17.7 Å². The molecule has 0 unspecified atom stereocenters. The molecular formula is C12H22N4OS3. The minimum absolute atomic E-state index is 0.0261. The Bertz CT molecular complexity index is 368. The molecule has 0 aromatic carbocycles. The second-order valence-electron chi connectivity index (χ2n) is 4.70. The summed E-state index contributed by atoms with van der Waals surface area (Å²) in [5.41, 5.74) is 8.12. The van der Waals surface area contributed by atoms with Gasteiger partial charge in [0.25, 0.3) is 0 Å². The van der Waals surface area contributed by atoms with E-state index in [2.05, 4.69) is 36.1 Å². The summed E-state index contributed by atoms with van der Waals surface area (Å²) in [5.74, 6) is 1.02. The molecule has 0 aliphatic rings. The monoisotopic (exact) mass is 334 g/mol. The fourth-order valence-electron chi connectivity index (χ4n) is 1.35. The molecule has 0 fully saturated rings. The van der Waals surface area contributed by atoms with Gasteiger partial charge in [0.2, 0.25) is 5.91 Å². The van der Waals surface area contributed by atoms with Gasteiger partial charge in [-0.25, -0.2) is 0 Å². The van der Waals surface area contributed by atoms with Crippen LogP contribution in [-0.2, 0) is 4.79 Å². The SMILES string of the molecule is CCSC(=S)SC(C)(C)CCC(=O)NCCCN=[N+]=[N-]. The van der Waals surface area contributed by atoms with Crippen molar-refractivity contribution in [2.75, 3.05) is 18.8 Å². The van der Waals surface area contributed by atoms with Gasteiger partial charge in [0.05, 0.1) is 0 Å². The van der Waals surface area contributed by atoms with Crippen molar-refractivity contribution >= 4 is 45.2 Å². The van der Waals surface area contributed by atoms with Gasteiger partial charge in [0.1, 0.15) is 3.53 Å². The third kappa shape index (κ3) is 11.4. The van der Waals surface area contributed by atoms with Gasteiger partial charge >= 0.3 is 0 Å². The first kappa shape index (κ1) is 19.6. The second kappa shape index (κ2) is 11.3. The quantitative estimate of drug-likeness (QED) is 0.226. The van der Waals surface area contributed by atoms with Crippen LogP contribution in [0.4, 0.5) is 0 Å². The Balaban J connectivity index is 3.85. The smallest absolute Gasteiger partial charge is 0.220 e. The maximum Gasteiger partial charge on any atom is 0.220 e. The van der Waals surface area contributed by atoms with Gasteiger partial charge in [-0.05, 0) is 24.1 Å². The van der Waals surface area contributed by atoms with E-state index in [0.717, 1.165) is 15.7 Å². The lowest BCUT2D eigenvalue weighted by molar-refractivity contribution is -0.121. The van der Waals surface area contributed by atoms with Gasteiger partial charge < -0.3 is 5.32 Å². The van der Waals surface area contributed by atoms with Gasteiger partial charge in [-0.15, -0.1) is 23.5 Å². The highest BCUT2D eigenvalue weighted by Crippen LogP contribution is 2.34. The van der Waals surface area contributed by atoms with Gasteiger partial charge in [-0.1, -0.05) is 38.1 Å². The van der Waals surface area contributed by atoms with Crippen molar-refractivity contribution in [3.05, 3.63) is 10.4 Å². The molecule has 1 N–H and O–H groups in total. The Kier molecular flexibility index (Phi) is 11.0. The molecule has 0 spiro atoms. The van der Waals surface area contributed by atoms with E-state index >= 15 is 0 Å². The summed E-state index contributed by atoms with van der Waals surface area (Å²) < 4.78 is 0.911. The summed E-state index contributed by atoms with van der Waals surface area (Å²) >= 11 is 8.61. The normalized spacial score (nSPS) is 10.8. The van der Waals surface area contributed by atoms with E-state index in [-0.39, 0.29) is 10.7 Å². The van der Waals surface area contributed by atoms with Crippen LogP contribution in [0.25, 0.3) is 10.4 Å². The third-order valence-electron chi connectivity index (χ3n) is 2.40. The topological polar surface area (TPSA) is 77.9 Å². The van der Waals surface area contributed by atoms with Crippen molar-refractivity contribution in [1.82, 2.24) is 5.32 Å². The number of carbonyl (C=O) groups excluding carboxylic acids is 1. The molecule has 0 saturated carbocycles. The lowest BCUT2D eigenvalue weighted by Gasteiger charge is -2.23. The van der Waals surface area contributed by atoms with Gasteiger partial charge in [0, 0.05) is 29.2 Å². The predicted molar refractivity (Wildman–Crippen MR) is 93.3 cm³/mol. The van der Waals surface area contributed by atoms with Crippen LogP contribution in [0.15, 0.2) is 5.11 Å². The number of azide groups is 1. The van der Waals surface area contributed by atoms with Crippen LogP contribution < -0.4 is 5.32 Å². The average molecular weight is 335 g/mol. The minimum Gasteiger partial charge on any atom is -0.356 e. The molecular weight excluding hydrogens is 312 g/mol. The summed E-state index contributed by atoms with van der Waals surface area (Å²) in [6, 6.07) is 0. The molecule has 0 atom stereocenters. The van der Waals surface area contributed by atoms with Crippen LogP contribution in [0.3, 0.4) is 0 Å². The summed E-state index contributed by atoms with van der Waals surface area (Å²) in [5, 5.41) is 6.24. The van der Waals surface area contributed by atoms with Gasteiger partial charge in [-0.3, -0.25) is 4.79 Å². The molecule has 0 rings (SSSR count). The number of carbonyl (C=O) groups is 1. The summed E-state index contributed by atoms with van der Waals surface area (Å²) in [7, 11) is 0. The van der Waals surface area contributed by atoms with Crippen LogP contribution in [0, 0.1) is 0 Å². The molecule has 0 saturated heterocycles. The van der Waals surface area contributed by atoms with Gasteiger partial charge in [-0.2, -0.15) is 0 Å². The highest BCUT2D eigenvalue weighted by Gasteiger charge is 2.22. The molecule has 114 valence electrons. The predicted octanol–water partition coefficient (Wildman–Crippen LogP) is 4.13. The molecule has 5 nitrogen and oxygen atoms in total. The maximum absolute atomic E-state index is 11.7. The highest BCUT2D eigenvalue weighted by atomic mass is 32.2. The molecule has 0 aliphatic carbocycles. The number of amides is 1. The molecule has 0 bridgehead atoms. The van der Waals surface area contributed by atoms with Crippen molar-refractivity contribution < 1.29 is 4.79 Å². The maximum atomic E-state index is 11.7. The molecule has 0 aliphatic heterocycles. The third-order valence-corrected chi connectivity index (χ3v) is 5.05. The van der Waals surface area contributed by atoms with Crippen molar-refractivity contribution in [3.8, 4) is 0 Å². The van der Waals surface area contributed by atoms with Crippen LogP contribution in [0.1, 0.15) is 40.0 Å². The zero-order chi connectivity index (χ0) is 15.4. The van der Waals surface area contributed by atoms with E-state index in [9.17, 15) is 4.79 Å². The number of hydrogen-bond acceptors (Lipinski definition) is 5. The Morgan fingerprint density at radius 1 is 1.50 bits per heavy atom. The first-order valence-corrected chi connectivity index (χ1v) is 8.75. The zero-order valence-electron chi connectivity index (χ0n) is 12.2. The number of nitrogens with zero attached hydrogens (tertiary/aromatic N) is 3. The number of thiocarbonyl (C=S) groups is 1. The molecule has 0 heterocycles. The van der Waals surface area contributed by atoms with Crippen LogP contribution in [-0.4, -0.2) is 33.0 Å². The highest BCUT2D eigenvalue weighted by molar-refractivity contribution is 8.47. The lowest BCUT2D eigenvalue weighted by Crippen LogP contribution is -2.27. The van der Waals surface area contributed by atoms with Crippen molar-refractivity contribution in [2.24, 2.45) is 5.11 Å². The van der Waals surface area contributed by atoms with Crippen molar-refractivity contribution in [2.45, 2.75) is 44.8 Å². The largest absolute Gasteiger partial charge is 0.356 e. The lowest BCUT2D eigenvalue weighted by atomic mass is 10.1. The summed E-state index contributed by atoms with van der Waals surface area (Å²) in [4.78, 5) is 14.3. The number of rotatable bonds is 9. The van der Waals surface area contributed by atoms with Crippen molar-refractivity contribution in [1.29, 1.82) is 0 Å². The Hall–Kier alpha value is -0.430. The molecule has 0 aromatic rings. The Labute approximate surface area is 134 Å². The molecule has 0 radical (unpaired) electrons. The molecule has 1 amide bonds. The second-order valence-corrected chi connectivity index (χ2v) is 8.88. The summed E-state index contributed by atoms with van der Waals surface area (Å²) in [6.45, 7) is 7.26. The van der Waals surface area contributed by atoms with E-state index in [1.807, 2.05) is 0 Å². The van der Waals surface area contributed by atoms with E-state index < -0.39 is 0 Å². The number of nitrogens with one attached hydrogen (secondary N) is 1. The molecule has 20 heavy (non-hydrogen) atoms. The van der Waals surface area contributed by atoms with Crippen molar-refractivity contribution in [3.63, 3.8) is 0 Å². The fraction of sp³-hybridized carbons (Fsp3) is 0.833. The molecule has 8 heteroatoms. The Morgan fingerprint density at radius 2 is 2.20 bits per heavy atom. The first-order chi connectivity index (χ1) is 9.41. The number of hydrogen-bond donors (Lipinski definition) is 1. The first-order valence-electron chi connectivity index (χ1n) is 6.54. The van der Waals surface area contributed by atoms with Crippen LogP contribution in [0.2, 0.25) is 0 Å².